The number of nitrogens with zero attached hydrogens (tertiary/aromatic N) is 1. The average Bonchev–Trinajstić information content (AvgIpc) is 2.33. The molecule has 0 aromatic carbocycles. The van der Waals surface area contributed by atoms with Crippen LogP contribution < -0.4 is 10.5 Å². The third-order valence-corrected chi connectivity index (χ3v) is 4.76. The Kier molecular flexibility index (Phi) is 10.3. The second-order valence-corrected chi connectivity index (χ2v) is 6.43. The van der Waals surface area contributed by atoms with E-state index >= 15 is 0 Å². The Morgan fingerprint density at radius 1 is 1.22 bits per heavy atom. The van der Waals surface area contributed by atoms with E-state index in [0.717, 1.165) is 25.7 Å². The van der Waals surface area contributed by atoms with Gasteiger partial charge >= 0.3 is 0 Å². The van der Waals surface area contributed by atoms with Crippen molar-refractivity contribution in [2.24, 2.45) is 5.73 Å². The number of halogens is 1. The predicted octanol–water partition coefficient (Wildman–Crippen LogP) is 1.49. The summed E-state index contributed by atoms with van der Waals surface area (Å²) in [4.78, 5) is 0. The summed E-state index contributed by atoms with van der Waals surface area (Å²) in [6.45, 7) is 6.81. The van der Waals surface area contributed by atoms with Gasteiger partial charge in [-0.1, -0.05) is 27.2 Å². The molecule has 5 nitrogen and oxygen atoms in total. The van der Waals surface area contributed by atoms with Crippen LogP contribution in [0.4, 0.5) is 0 Å². The van der Waals surface area contributed by atoms with E-state index in [-0.39, 0.29) is 12.4 Å². The molecule has 0 fully saturated rings. The molecule has 7 heteroatoms. The number of nitrogens with two attached hydrogens (primary N) is 1. The van der Waals surface area contributed by atoms with E-state index in [4.69, 9.17) is 5.73 Å². The van der Waals surface area contributed by atoms with E-state index in [1.165, 1.54) is 4.31 Å². The van der Waals surface area contributed by atoms with Gasteiger partial charge in [-0.3, -0.25) is 0 Å². The summed E-state index contributed by atoms with van der Waals surface area (Å²) < 4.78 is 27.7. The van der Waals surface area contributed by atoms with Gasteiger partial charge in [0.05, 0.1) is 0 Å². The number of unbranched alkanes of at least 4 members (excludes halogenated alkanes) is 1. The smallest absolute Gasteiger partial charge is 0.279 e. The zero-order valence-electron chi connectivity index (χ0n) is 11.9. The van der Waals surface area contributed by atoms with Crippen LogP contribution in [-0.2, 0) is 10.2 Å². The van der Waals surface area contributed by atoms with Crippen LogP contribution in [-0.4, -0.2) is 38.4 Å². The van der Waals surface area contributed by atoms with Gasteiger partial charge in [-0.05, 0) is 19.3 Å². The lowest BCUT2D eigenvalue weighted by atomic mass is 9.95. The van der Waals surface area contributed by atoms with E-state index in [9.17, 15) is 8.42 Å². The topological polar surface area (TPSA) is 75.4 Å². The molecule has 0 saturated heterocycles. The first-order chi connectivity index (χ1) is 7.81. The zero-order valence-corrected chi connectivity index (χ0v) is 13.5. The zero-order chi connectivity index (χ0) is 13.5. The average molecular weight is 302 g/mol. The molecule has 3 N–H and O–H groups in total. The van der Waals surface area contributed by atoms with Crippen LogP contribution >= 0.6 is 12.4 Å². The minimum Gasteiger partial charge on any atom is -0.324 e. The van der Waals surface area contributed by atoms with Gasteiger partial charge < -0.3 is 5.73 Å². The standard InChI is InChI=1S/C11H27N3O2S.ClH/c1-5-8-9-14(4)17(15,16)13-10-11(12,6-2)7-3;/h13H,5-10,12H2,1-4H3;1H. The maximum absolute atomic E-state index is 11.9. The summed E-state index contributed by atoms with van der Waals surface area (Å²) >= 11 is 0. The summed E-state index contributed by atoms with van der Waals surface area (Å²) in [6.07, 6.45) is 3.35. The molecule has 0 saturated carbocycles. The molecule has 0 aliphatic carbocycles. The lowest BCUT2D eigenvalue weighted by Crippen LogP contribution is -2.51. The first kappa shape index (κ1) is 20.4. The highest BCUT2D eigenvalue weighted by Crippen LogP contribution is 2.10. The van der Waals surface area contributed by atoms with Crippen LogP contribution in [0.25, 0.3) is 0 Å². The van der Waals surface area contributed by atoms with Crippen molar-refractivity contribution in [2.45, 2.75) is 52.0 Å². The highest BCUT2D eigenvalue weighted by atomic mass is 35.5. The molecule has 0 unspecified atom stereocenters. The molecule has 0 aliphatic rings. The first-order valence-corrected chi connectivity index (χ1v) is 7.75. The van der Waals surface area contributed by atoms with Crippen molar-refractivity contribution in [2.75, 3.05) is 20.1 Å². The van der Waals surface area contributed by atoms with Gasteiger partial charge in [-0.25, -0.2) is 4.72 Å². The quantitative estimate of drug-likeness (QED) is 0.677. The van der Waals surface area contributed by atoms with Gasteiger partial charge in [-0.15, -0.1) is 12.4 Å². The largest absolute Gasteiger partial charge is 0.324 e. The van der Waals surface area contributed by atoms with E-state index in [2.05, 4.69) is 4.72 Å². The SMILES string of the molecule is CCCCN(C)S(=O)(=O)NCC(N)(CC)CC.Cl. The van der Waals surface area contributed by atoms with Gasteiger partial charge in [0.1, 0.15) is 0 Å². The molecule has 18 heavy (non-hydrogen) atoms. The molecule has 112 valence electrons. The van der Waals surface area contributed by atoms with Gasteiger partial charge in [0.2, 0.25) is 0 Å². The fourth-order valence-corrected chi connectivity index (χ4v) is 2.41. The molecule has 0 heterocycles. The molecule has 0 radical (unpaired) electrons. The van der Waals surface area contributed by atoms with Crippen molar-refractivity contribution in [1.82, 2.24) is 9.03 Å². The van der Waals surface area contributed by atoms with Crippen LogP contribution in [0.1, 0.15) is 46.5 Å². The van der Waals surface area contributed by atoms with Crippen molar-refractivity contribution in [3.63, 3.8) is 0 Å². The molecule has 0 bridgehead atoms. The minimum absolute atomic E-state index is 0. The Morgan fingerprint density at radius 2 is 1.72 bits per heavy atom. The maximum Gasteiger partial charge on any atom is 0.279 e. The van der Waals surface area contributed by atoms with Gasteiger partial charge in [0.15, 0.2) is 0 Å². The normalized spacial score (nSPS) is 12.6. The summed E-state index contributed by atoms with van der Waals surface area (Å²) in [6, 6.07) is 0. The molecule has 0 spiro atoms. The molecular formula is C11H28ClN3O2S. The van der Waals surface area contributed by atoms with E-state index in [1.807, 2.05) is 20.8 Å². The predicted molar refractivity (Wildman–Crippen MR) is 79.2 cm³/mol. The number of nitrogens with one attached hydrogen (secondary N) is 1. The molecule has 0 rings (SSSR count). The highest BCUT2D eigenvalue weighted by molar-refractivity contribution is 7.87. The second-order valence-electron chi connectivity index (χ2n) is 4.57. The van der Waals surface area contributed by atoms with Gasteiger partial charge in [0, 0.05) is 25.7 Å². The fourth-order valence-electron chi connectivity index (χ4n) is 1.35. The third kappa shape index (κ3) is 6.89. The van der Waals surface area contributed by atoms with E-state index in [0.29, 0.717) is 13.1 Å². The van der Waals surface area contributed by atoms with Crippen LogP contribution in [0.5, 0.6) is 0 Å². The van der Waals surface area contributed by atoms with Crippen LogP contribution in [0.15, 0.2) is 0 Å². The Morgan fingerprint density at radius 3 is 2.11 bits per heavy atom. The molecule has 0 aromatic heterocycles. The van der Waals surface area contributed by atoms with Gasteiger partial charge in [-0.2, -0.15) is 12.7 Å². The summed E-state index contributed by atoms with van der Waals surface area (Å²) in [5, 5.41) is 0. The Labute approximate surface area is 118 Å². The van der Waals surface area contributed by atoms with Gasteiger partial charge in [0.25, 0.3) is 10.2 Å². The van der Waals surface area contributed by atoms with E-state index < -0.39 is 15.7 Å². The van der Waals surface area contributed by atoms with Crippen LogP contribution in [0.2, 0.25) is 0 Å². The first-order valence-electron chi connectivity index (χ1n) is 6.31. The molecular weight excluding hydrogens is 274 g/mol. The van der Waals surface area contributed by atoms with Crippen molar-refractivity contribution >= 4 is 22.6 Å². The molecule has 0 atom stereocenters. The Bertz CT molecular complexity index is 305. The Balaban J connectivity index is 0. The highest BCUT2D eigenvalue weighted by Gasteiger charge is 2.24. The van der Waals surface area contributed by atoms with Crippen molar-refractivity contribution in [1.29, 1.82) is 0 Å². The molecule has 0 aliphatic heterocycles. The van der Waals surface area contributed by atoms with E-state index in [1.54, 1.807) is 7.05 Å². The van der Waals surface area contributed by atoms with Crippen LogP contribution in [0, 0.1) is 0 Å². The number of hydrogen-bond acceptors (Lipinski definition) is 3. The number of rotatable bonds is 9. The molecule has 0 amide bonds. The van der Waals surface area contributed by atoms with Crippen molar-refractivity contribution in [3.05, 3.63) is 0 Å². The number of hydrogen-bond donors (Lipinski definition) is 2. The second kappa shape index (κ2) is 9.09. The minimum atomic E-state index is -3.38. The lowest BCUT2D eigenvalue weighted by molar-refractivity contribution is 0.380. The molecule has 0 aromatic rings. The van der Waals surface area contributed by atoms with Crippen molar-refractivity contribution in [3.8, 4) is 0 Å². The lowest BCUT2D eigenvalue weighted by Gasteiger charge is -2.28. The fraction of sp³-hybridized carbons (Fsp3) is 1.00. The monoisotopic (exact) mass is 301 g/mol. The van der Waals surface area contributed by atoms with Crippen molar-refractivity contribution < 1.29 is 8.42 Å². The third-order valence-electron chi connectivity index (χ3n) is 3.25. The summed E-state index contributed by atoms with van der Waals surface area (Å²) in [5.41, 5.74) is 5.61. The maximum atomic E-state index is 11.9. The Hall–Kier alpha value is 0.120. The summed E-state index contributed by atoms with van der Waals surface area (Å²) in [7, 11) is -1.79. The summed E-state index contributed by atoms with van der Waals surface area (Å²) in [5.74, 6) is 0. The van der Waals surface area contributed by atoms with Crippen LogP contribution in [0.3, 0.4) is 0 Å².